The van der Waals surface area contributed by atoms with Crippen LogP contribution in [-0.2, 0) is 0 Å². The summed E-state index contributed by atoms with van der Waals surface area (Å²) in [6.45, 7) is 1.98. The maximum Gasteiger partial charge on any atom is 0.250 e. The fourth-order valence-corrected chi connectivity index (χ4v) is 4.94. The molecule has 0 spiro atoms. The van der Waals surface area contributed by atoms with Gasteiger partial charge in [-0.3, -0.25) is 9.78 Å². The Balaban J connectivity index is 1.69. The molecule has 4 heterocycles. The number of rotatable bonds is 3. The molecule has 6 aromatic rings. The van der Waals surface area contributed by atoms with Gasteiger partial charge in [-0.15, -0.1) is 11.3 Å². The number of fused-ring (bicyclic) bond motifs is 2. The van der Waals surface area contributed by atoms with E-state index in [1.165, 1.54) is 0 Å². The van der Waals surface area contributed by atoms with E-state index in [9.17, 15) is 4.79 Å². The van der Waals surface area contributed by atoms with Crippen LogP contribution in [0.2, 0.25) is 0 Å². The molecule has 0 saturated carbocycles. The lowest BCUT2D eigenvalue weighted by Crippen LogP contribution is -2.07. The van der Waals surface area contributed by atoms with Crippen LogP contribution in [0.3, 0.4) is 0 Å². The minimum absolute atomic E-state index is 0.176. The second-order valence-corrected chi connectivity index (χ2v) is 9.08. The second kappa shape index (κ2) is 7.76. The highest BCUT2D eigenvalue weighted by Gasteiger charge is 2.17. The molecule has 5 nitrogen and oxygen atoms in total. The van der Waals surface area contributed by atoms with Crippen LogP contribution >= 0.6 is 11.3 Å². The summed E-state index contributed by atoms with van der Waals surface area (Å²) in [4.78, 5) is 30.3. The zero-order valence-corrected chi connectivity index (χ0v) is 18.6. The third kappa shape index (κ3) is 3.50. The standard InChI is InChI=1S/C27H18N4OS/c1-16-29-15-24(33-16)26-21(18-9-10-23-19(12-18)8-5-11-28-23)13-22-20(17-6-3-2-4-7-17)14-25(32)30-27(22)31-26/h2-15H,1H3,(H,30,31,32). The number of thiazole rings is 1. The minimum atomic E-state index is -0.176. The van der Waals surface area contributed by atoms with Gasteiger partial charge in [-0.2, -0.15) is 0 Å². The molecule has 0 aliphatic heterocycles. The predicted octanol–water partition coefficient (Wildman–Crippen LogP) is 6.24. The zero-order valence-electron chi connectivity index (χ0n) is 17.7. The third-order valence-corrected chi connectivity index (χ3v) is 6.60. The van der Waals surface area contributed by atoms with Crippen molar-refractivity contribution in [2.75, 3.05) is 0 Å². The molecule has 0 saturated heterocycles. The second-order valence-electron chi connectivity index (χ2n) is 7.85. The highest BCUT2D eigenvalue weighted by Crippen LogP contribution is 2.38. The van der Waals surface area contributed by atoms with Crippen molar-refractivity contribution in [3.63, 3.8) is 0 Å². The number of pyridine rings is 3. The van der Waals surface area contributed by atoms with Gasteiger partial charge in [-0.25, -0.2) is 9.97 Å². The zero-order chi connectivity index (χ0) is 22.4. The van der Waals surface area contributed by atoms with E-state index in [0.717, 1.165) is 54.1 Å². The Morgan fingerprint density at radius 1 is 0.848 bits per heavy atom. The number of nitrogens with one attached hydrogen (secondary N) is 1. The fourth-order valence-electron chi connectivity index (χ4n) is 4.15. The van der Waals surface area contributed by atoms with Crippen molar-refractivity contribution in [2.24, 2.45) is 0 Å². The van der Waals surface area contributed by atoms with E-state index in [0.29, 0.717) is 5.65 Å². The molecule has 0 radical (unpaired) electrons. The van der Waals surface area contributed by atoms with Gasteiger partial charge < -0.3 is 4.98 Å². The fraction of sp³-hybridized carbons (Fsp3) is 0.0370. The van der Waals surface area contributed by atoms with Gasteiger partial charge in [0.2, 0.25) is 5.56 Å². The Hall–Kier alpha value is -4.16. The van der Waals surface area contributed by atoms with Crippen LogP contribution < -0.4 is 5.56 Å². The van der Waals surface area contributed by atoms with Gasteiger partial charge in [-0.05, 0) is 47.9 Å². The number of H-pyrrole nitrogens is 1. The van der Waals surface area contributed by atoms with Crippen molar-refractivity contribution in [2.45, 2.75) is 6.92 Å². The number of hydrogen-bond acceptors (Lipinski definition) is 5. The first kappa shape index (κ1) is 19.5. The highest BCUT2D eigenvalue weighted by molar-refractivity contribution is 7.15. The van der Waals surface area contributed by atoms with Crippen molar-refractivity contribution < 1.29 is 0 Å². The van der Waals surface area contributed by atoms with Crippen molar-refractivity contribution in [3.8, 4) is 32.8 Å². The Morgan fingerprint density at radius 3 is 2.55 bits per heavy atom. The molecular formula is C27H18N4OS. The molecule has 0 aliphatic carbocycles. The lowest BCUT2D eigenvalue weighted by atomic mass is 9.96. The predicted molar refractivity (Wildman–Crippen MR) is 134 cm³/mol. The molecular weight excluding hydrogens is 428 g/mol. The Morgan fingerprint density at radius 2 is 1.73 bits per heavy atom. The molecule has 0 bridgehead atoms. The largest absolute Gasteiger partial charge is 0.307 e. The van der Waals surface area contributed by atoms with Crippen LogP contribution in [0.15, 0.2) is 90.0 Å². The quantitative estimate of drug-likeness (QED) is 0.349. The summed E-state index contributed by atoms with van der Waals surface area (Å²) in [6.07, 6.45) is 3.65. The summed E-state index contributed by atoms with van der Waals surface area (Å²) in [6, 6.07) is 23.9. The summed E-state index contributed by atoms with van der Waals surface area (Å²) in [7, 11) is 0. The summed E-state index contributed by atoms with van der Waals surface area (Å²) in [5.74, 6) is 0. The summed E-state index contributed by atoms with van der Waals surface area (Å²) < 4.78 is 0. The number of nitrogens with zero attached hydrogens (tertiary/aromatic N) is 3. The lowest BCUT2D eigenvalue weighted by Gasteiger charge is -2.13. The molecule has 6 rings (SSSR count). The molecule has 158 valence electrons. The first-order valence-corrected chi connectivity index (χ1v) is 11.4. The smallest absolute Gasteiger partial charge is 0.250 e. The van der Waals surface area contributed by atoms with E-state index in [-0.39, 0.29) is 5.56 Å². The highest BCUT2D eigenvalue weighted by atomic mass is 32.1. The van der Waals surface area contributed by atoms with Crippen molar-refractivity contribution in [3.05, 3.63) is 101 Å². The molecule has 4 aromatic heterocycles. The number of hydrogen-bond donors (Lipinski definition) is 1. The van der Waals surface area contributed by atoms with Crippen LogP contribution in [0.5, 0.6) is 0 Å². The SMILES string of the molecule is Cc1ncc(-c2nc3[nH]c(=O)cc(-c4ccccc4)c3cc2-c2ccc3ncccc3c2)s1. The summed E-state index contributed by atoms with van der Waals surface area (Å²) in [5.41, 5.74) is 6.00. The Labute approximate surface area is 193 Å². The molecule has 0 aliphatic rings. The Kier molecular flexibility index (Phi) is 4.59. The Bertz CT molecular complexity index is 1700. The number of aromatic nitrogens is 4. The average Bonchev–Trinajstić information content (AvgIpc) is 3.29. The number of benzene rings is 2. The lowest BCUT2D eigenvalue weighted by molar-refractivity contribution is 1.23. The van der Waals surface area contributed by atoms with Gasteiger partial charge in [0, 0.05) is 34.8 Å². The minimum Gasteiger partial charge on any atom is -0.307 e. The van der Waals surface area contributed by atoms with E-state index < -0.39 is 0 Å². The number of aryl methyl sites for hydroxylation is 1. The first-order chi connectivity index (χ1) is 16.2. The van der Waals surface area contributed by atoms with Gasteiger partial charge in [-0.1, -0.05) is 42.5 Å². The first-order valence-electron chi connectivity index (χ1n) is 10.6. The molecule has 0 amide bonds. The van der Waals surface area contributed by atoms with Gasteiger partial charge in [0.05, 0.1) is 21.1 Å². The monoisotopic (exact) mass is 446 g/mol. The molecule has 6 heteroatoms. The molecule has 2 aromatic carbocycles. The normalized spacial score (nSPS) is 11.3. The van der Waals surface area contributed by atoms with Crippen LogP contribution in [-0.4, -0.2) is 19.9 Å². The molecule has 0 fully saturated rings. The topological polar surface area (TPSA) is 71.5 Å². The molecule has 0 unspecified atom stereocenters. The van der Waals surface area contributed by atoms with E-state index in [1.807, 2.05) is 55.6 Å². The van der Waals surface area contributed by atoms with Crippen LogP contribution in [0.1, 0.15) is 5.01 Å². The van der Waals surface area contributed by atoms with Gasteiger partial charge in [0.15, 0.2) is 0 Å². The van der Waals surface area contributed by atoms with Gasteiger partial charge >= 0.3 is 0 Å². The van der Waals surface area contributed by atoms with Crippen molar-refractivity contribution in [1.82, 2.24) is 19.9 Å². The van der Waals surface area contributed by atoms with E-state index >= 15 is 0 Å². The van der Waals surface area contributed by atoms with Gasteiger partial charge in [0.25, 0.3) is 0 Å². The molecule has 33 heavy (non-hydrogen) atoms. The van der Waals surface area contributed by atoms with E-state index in [1.54, 1.807) is 23.6 Å². The van der Waals surface area contributed by atoms with E-state index in [4.69, 9.17) is 4.98 Å². The van der Waals surface area contributed by atoms with Crippen LogP contribution in [0, 0.1) is 6.92 Å². The third-order valence-electron chi connectivity index (χ3n) is 5.68. The van der Waals surface area contributed by atoms with Crippen LogP contribution in [0.4, 0.5) is 0 Å². The number of aromatic amines is 1. The average molecular weight is 447 g/mol. The summed E-state index contributed by atoms with van der Waals surface area (Å²) in [5, 5.41) is 2.92. The molecule has 0 atom stereocenters. The molecule has 1 N–H and O–H groups in total. The van der Waals surface area contributed by atoms with E-state index in [2.05, 4.69) is 39.2 Å². The van der Waals surface area contributed by atoms with Crippen molar-refractivity contribution in [1.29, 1.82) is 0 Å². The maximum atomic E-state index is 12.5. The van der Waals surface area contributed by atoms with Crippen LogP contribution in [0.25, 0.3) is 54.8 Å². The maximum absolute atomic E-state index is 12.5. The van der Waals surface area contributed by atoms with Gasteiger partial charge in [0.1, 0.15) is 5.65 Å². The van der Waals surface area contributed by atoms with Crippen molar-refractivity contribution >= 4 is 33.3 Å². The summed E-state index contributed by atoms with van der Waals surface area (Å²) >= 11 is 1.59.